The van der Waals surface area contributed by atoms with Crippen molar-refractivity contribution in [2.24, 2.45) is 0 Å². The largest absolute Gasteiger partial charge is 0.465 e. The van der Waals surface area contributed by atoms with Crippen molar-refractivity contribution in [2.45, 2.75) is 63.6 Å². The van der Waals surface area contributed by atoms with Crippen LogP contribution in [-0.2, 0) is 6.18 Å². The SMILES string of the molecule is CC(C)(CO)NC(=O)O.FC(F)(F)c1cccc(-c2cnc(C3CCCCC3)[nH]2)c1. The smallest absolute Gasteiger partial charge is 0.416 e. The molecule has 166 valence electrons. The highest BCUT2D eigenvalue weighted by Crippen LogP contribution is 2.34. The number of hydrogen-bond donors (Lipinski definition) is 4. The molecule has 0 bridgehead atoms. The van der Waals surface area contributed by atoms with Crippen LogP contribution in [0.4, 0.5) is 18.0 Å². The summed E-state index contributed by atoms with van der Waals surface area (Å²) >= 11 is 0. The second-order valence-corrected chi connectivity index (χ2v) is 8.07. The monoisotopic (exact) mass is 427 g/mol. The van der Waals surface area contributed by atoms with E-state index in [0.29, 0.717) is 17.2 Å². The van der Waals surface area contributed by atoms with Crippen molar-refractivity contribution in [1.82, 2.24) is 15.3 Å². The number of nitrogens with one attached hydrogen (secondary N) is 2. The zero-order valence-corrected chi connectivity index (χ0v) is 17.1. The lowest BCUT2D eigenvalue weighted by Gasteiger charge is -2.20. The van der Waals surface area contributed by atoms with E-state index < -0.39 is 23.4 Å². The highest BCUT2D eigenvalue weighted by atomic mass is 19.4. The molecule has 3 rings (SSSR count). The van der Waals surface area contributed by atoms with Crippen LogP contribution in [0.25, 0.3) is 11.3 Å². The summed E-state index contributed by atoms with van der Waals surface area (Å²) in [6, 6.07) is 5.35. The summed E-state index contributed by atoms with van der Waals surface area (Å²) in [6.07, 6.45) is 2.08. The molecule has 1 aliphatic carbocycles. The average Bonchev–Trinajstić information content (AvgIpc) is 3.18. The summed E-state index contributed by atoms with van der Waals surface area (Å²) in [4.78, 5) is 17.5. The Morgan fingerprint density at radius 3 is 2.43 bits per heavy atom. The molecule has 9 heteroatoms. The number of aromatic nitrogens is 2. The number of hydrogen-bond acceptors (Lipinski definition) is 3. The Labute approximate surface area is 173 Å². The lowest BCUT2D eigenvalue weighted by molar-refractivity contribution is -0.137. The standard InChI is InChI=1S/C16H17F3N2.C5H11NO3/c17-16(18,19)13-8-4-7-12(9-13)14-10-20-15(21-14)11-5-2-1-3-6-11;1-5(2,3-7)6-4(8)9/h4,7-11H,1-3,5-6H2,(H,20,21);6-7H,3H2,1-2H3,(H,8,9). The number of rotatable bonds is 4. The average molecular weight is 427 g/mol. The number of imidazole rings is 1. The minimum absolute atomic E-state index is 0.195. The maximum Gasteiger partial charge on any atom is 0.416 e. The number of aliphatic hydroxyl groups excluding tert-OH is 1. The number of benzene rings is 1. The summed E-state index contributed by atoms with van der Waals surface area (Å²) in [6.45, 7) is 3.00. The Balaban J connectivity index is 0.000000303. The third-order valence-electron chi connectivity index (χ3n) is 4.93. The number of halogens is 3. The van der Waals surface area contributed by atoms with Crippen LogP contribution >= 0.6 is 0 Å². The summed E-state index contributed by atoms with van der Waals surface area (Å²) in [5.41, 5.74) is -0.180. The molecule has 1 fully saturated rings. The second kappa shape index (κ2) is 9.97. The Morgan fingerprint density at radius 1 is 1.23 bits per heavy atom. The fourth-order valence-corrected chi connectivity index (χ4v) is 3.26. The highest BCUT2D eigenvalue weighted by molar-refractivity contribution is 5.65. The first-order chi connectivity index (χ1) is 14.0. The molecule has 0 atom stereocenters. The van der Waals surface area contributed by atoms with Crippen LogP contribution in [0.15, 0.2) is 30.5 Å². The number of alkyl halides is 3. The van der Waals surface area contributed by atoms with Gasteiger partial charge in [-0.2, -0.15) is 13.2 Å². The molecular weight excluding hydrogens is 399 g/mol. The fourth-order valence-electron chi connectivity index (χ4n) is 3.26. The van der Waals surface area contributed by atoms with Crippen molar-refractivity contribution >= 4 is 6.09 Å². The van der Waals surface area contributed by atoms with Gasteiger partial charge in [-0.1, -0.05) is 31.4 Å². The fraction of sp³-hybridized carbons (Fsp3) is 0.524. The lowest BCUT2D eigenvalue weighted by Crippen LogP contribution is -2.45. The van der Waals surface area contributed by atoms with Crippen molar-refractivity contribution in [3.8, 4) is 11.3 Å². The van der Waals surface area contributed by atoms with Crippen LogP contribution in [0.5, 0.6) is 0 Å². The second-order valence-electron chi connectivity index (χ2n) is 8.07. The Hall–Kier alpha value is -2.55. The minimum atomic E-state index is -4.32. The normalized spacial score (nSPS) is 15.3. The molecule has 1 amide bonds. The Bertz CT molecular complexity index is 828. The number of carboxylic acid groups (broad SMARTS) is 1. The lowest BCUT2D eigenvalue weighted by atomic mass is 9.89. The third-order valence-corrected chi connectivity index (χ3v) is 4.93. The predicted octanol–water partition coefficient (Wildman–Crippen LogP) is 5.17. The molecule has 1 aliphatic rings. The van der Waals surface area contributed by atoms with Crippen LogP contribution in [0.2, 0.25) is 0 Å². The van der Waals surface area contributed by atoms with Crippen molar-refractivity contribution in [3.05, 3.63) is 41.9 Å². The van der Waals surface area contributed by atoms with Gasteiger partial charge in [-0.15, -0.1) is 0 Å². The van der Waals surface area contributed by atoms with Gasteiger partial charge in [-0.25, -0.2) is 9.78 Å². The van der Waals surface area contributed by atoms with Crippen molar-refractivity contribution in [2.75, 3.05) is 6.61 Å². The van der Waals surface area contributed by atoms with Crippen LogP contribution in [0.3, 0.4) is 0 Å². The van der Waals surface area contributed by atoms with Gasteiger partial charge in [0.15, 0.2) is 0 Å². The molecule has 1 heterocycles. The summed E-state index contributed by atoms with van der Waals surface area (Å²) in [5, 5.41) is 18.8. The van der Waals surface area contributed by atoms with Gasteiger partial charge >= 0.3 is 12.3 Å². The number of nitrogens with zero attached hydrogens (tertiary/aromatic N) is 1. The van der Waals surface area contributed by atoms with Crippen LogP contribution < -0.4 is 5.32 Å². The Kier molecular flexibility index (Phi) is 7.89. The maximum atomic E-state index is 12.8. The molecule has 6 nitrogen and oxygen atoms in total. The number of amides is 1. The first-order valence-electron chi connectivity index (χ1n) is 9.86. The first kappa shape index (κ1) is 23.7. The summed E-state index contributed by atoms with van der Waals surface area (Å²) in [7, 11) is 0. The molecule has 1 saturated carbocycles. The van der Waals surface area contributed by atoms with Gasteiger partial charge in [0.1, 0.15) is 5.82 Å². The van der Waals surface area contributed by atoms with E-state index in [1.807, 2.05) is 0 Å². The summed E-state index contributed by atoms with van der Waals surface area (Å²) < 4.78 is 38.3. The predicted molar refractivity (Wildman–Crippen MR) is 107 cm³/mol. The topological polar surface area (TPSA) is 98.2 Å². The minimum Gasteiger partial charge on any atom is -0.465 e. The molecule has 0 spiro atoms. The zero-order valence-electron chi connectivity index (χ0n) is 17.1. The van der Waals surface area contributed by atoms with E-state index in [0.717, 1.165) is 30.8 Å². The van der Waals surface area contributed by atoms with E-state index in [-0.39, 0.29) is 6.61 Å². The van der Waals surface area contributed by atoms with Gasteiger partial charge in [0, 0.05) is 11.5 Å². The molecule has 2 aromatic rings. The zero-order chi connectivity index (χ0) is 22.4. The van der Waals surface area contributed by atoms with Gasteiger partial charge in [-0.05, 0) is 38.8 Å². The van der Waals surface area contributed by atoms with E-state index >= 15 is 0 Å². The molecule has 30 heavy (non-hydrogen) atoms. The van der Waals surface area contributed by atoms with Crippen LogP contribution in [0.1, 0.15) is 63.3 Å². The van der Waals surface area contributed by atoms with Gasteiger partial charge in [0.2, 0.25) is 0 Å². The first-order valence-corrected chi connectivity index (χ1v) is 9.86. The molecule has 0 aliphatic heterocycles. The molecular formula is C21H28F3N3O3. The molecule has 0 saturated heterocycles. The van der Waals surface area contributed by atoms with Gasteiger partial charge in [0.25, 0.3) is 0 Å². The summed E-state index contributed by atoms with van der Waals surface area (Å²) in [5.74, 6) is 1.32. The van der Waals surface area contributed by atoms with E-state index in [1.165, 1.54) is 25.3 Å². The number of aromatic amines is 1. The van der Waals surface area contributed by atoms with Crippen molar-refractivity contribution < 1.29 is 28.2 Å². The molecule has 1 aromatic carbocycles. The number of carbonyl (C=O) groups is 1. The molecule has 4 N–H and O–H groups in total. The number of aliphatic hydroxyl groups is 1. The highest BCUT2D eigenvalue weighted by Gasteiger charge is 2.30. The van der Waals surface area contributed by atoms with E-state index in [9.17, 15) is 18.0 Å². The third kappa shape index (κ3) is 7.05. The van der Waals surface area contributed by atoms with Gasteiger partial charge < -0.3 is 20.5 Å². The van der Waals surface area contributed by atoms with Gasteiger partial charge in [0.05, 0.1) is 29.6 Å². The van der Waals surface area contributed by atoms with Crippen molar-refractivity contribution in [3.63, 3.8) is 0 Å². The van der Waals surface area contributed by atoms with E-state index in [4.69, 9.17) is 10.2 Å². The Morgan fingerprint density at radius 2 is 1.90 bits per heavy atom. The quantitative estimate of drug-likeness (QED) is 0.541. The van der Waals surface area contributed by atoms with Crippen molar-refractivity contribution in [1.29, 1.82) is 0 Å². The van der Waals surface area contributed by atoms with Gasteiger partial charge in [-0.3, -0.25) is 0 Å². The molecule has 1 aromatic heterocycles. The maximum absolute atomic E-state index is 12.8. The molecule has 0 unspecified atom stereocenters. The number of H-pyrrole nitrogens is 1. The van der Waals surface area contributed by atoms with E-state index in [1.54, 1.807) is 26.1 Å². The van der Waals surface area contributed by atoms with Crippen LogP contribution in [0, 0.1) is 0 Å². The van der Waals surface area contributed by atoms with Crippen LogP contribution in [-0.4, -0.2) is 38.4 Å². The molecule has 0 radical (unpaired) electrons. The van der Waals surface area contributed by atoms with E-state index in [2.05, 4.69) is 15.3 Å².